The molecule has 0 N–H and O–H groups in total. The summed E-state index contributed by atoms with van der Waals surface area (Å²) in [6.45, 7) is 0.209. The Bertz CT molecular complexity index is 704. The zero-order valence-electron chi connectivity index (χ0n) is 10.8. The fourth-order valence-electron chi connectivity index (χ4n) is 1.66. The maximum atomic E-state index is 13.3. The molecule has 108 valence electrons. The first-order valence-corrected chi connectivity index (χ1v) is 7.30. The van der Waals surface area contributed by atoms with Gasteiger partial charge in [-0.15, -0.1) is 11.6 Å². The molecule has 0 aliphatic rings. The van der Waals surface area contributed by atoms with Crippen molar-refractivity contribution in [2.75, 3.05) is 5.88 Å². The average molecular weight is 344 g/mol. The van der Waals surface area contributed by atoms with Crippen LogP contribution in [0, 0.1) is 17.7 Å². The number of ether oxygens (including phenoxy) is 1. The van der Waals surface area contributed by atoms with Crippen LogP contribution in [0.25, 0.3) is 0 Å². The lowest BCUT2D eigenvalue weighted by molar-refractivity contribution is 0.305. The van der Waals surface area contributed by atoms with E-state index >= 15 is 0 Å². The molecule has 0 saturated heterocycles. The smallest absolute Gasteiger partial charge is 0.135 e. The van der Waals surface area contributed by atoms with Crippen LogP contribution in [0.15, 0.2) is 36.4 Å². The quantitative estimate of drug-likeness (QED) is 0.542. The highest BCUT2D eigenvalue weighted by Crippen LogP contribution is 2.24. The Morgan fingerprint density at radius 1 is 1.10 bits per heavy atom. The minimum absolute atomic E-state index is 0.163. The minimum Gasteiger partial charge on any atom is -0.488 e. The van der Waals surface area contributed by atoms with Gasteiger partial charge in [-0.1, -0.05) is 35.0 Å². The second-order valence-corrected chi connectivity index (χ2v) is 5.21. The summed E-state index contributed by atoms with van der Waals surface area (Å²) in [5, 5.41) is 1.12. The van der Waals surface area contributed by atoms with E-state index < -0.39 is 0 Å². The molecule has 0 aliphatic heterocycles. The van der Waals surface area contributed by atoms with E-state index in [1.165, 1.54) is 18.2 Å². The van der Waals surface area contributed by atoms with Crippen LogP contribution in [-0.4, -0.2) is 5.88 Å². The average Bonchev–Trinajstić information content (AvgIpc) is 2.47. The molecule has 0 bridgehead atoms. The van der Waals surface area contributed by atoms with E-state index in [-0.39, 0.29) is 18.3 Å². The van der Waals surface area contributed by atoms with Crippen molar-refractivity contribution in [2.45, 2.75) is 6.61 Å². The van der Waals surface area contributed by atoms with Gasteiger partial charge in [0.2, 0.25) is 0 Å². The topological polar surface area (TPSA) is 9.23 Å². The lowest BCUT2D eigenvalue weighted by Gasteiger charge is -2.10. The lowest BCUT2D eigenvalue weighted by atomic mass is 10.2. The van der Waals surface area contributed by atoms with E-state index in [2.05, 4.69) is 11.8 Å². The van der Waals surface area contributed by atoms with Crippen LogP contribution in [0.1, 0.15) is 11.1 Å². The van der Waals surface area contributed by atoms with Gasteiger partial charge in [-0.05, 0) is 36.4 Å². The third-order valence-electron chi connectivity index (χ3n) is 2.62. The number of alkyl halides is 1. The Morgan fingerprint density at radius 2 is 1.90 bits per heavy atom. The summed E-state index contributed by atoms with van der Waals surface area (Å²) in [6.07, 6.45) is 0. The molecule has 21 heavy (non-hydrogen) atoms. The van der Waals surface area contributed by atoms with Crippen LogP contribution >= 0.6 is 34.8 Å². The maximum absolute atomic E-state index is 13.3. The summed E-state index contributed by atoms with van der Waals surface area (Å²) in [6, 6.07) is 9.24. The first-order chi connectivity index (χ1) is 10.1. The monoisotopic (exact) mass is 342 g/mol. The molecule has 0 saturated carbocycles. The molecule has 0 aliphatic carbocycles. The largest absolute Gasteiger partial charge is 0.488 e. The Balaban J connectivity index is 2.21. The molecule has 0 amide bonds. The van der Waals surface area contributed by atoms with Gasteiger partial charge in [-0.25, -0.2) is 4.39 Å². The van der Waals surface area contributed by atoms with Gasteiger partial charge in [0.05, 0.1) is 11.4 Å². The van der Waals surface area contributed by atoms with Crippen molar-refractivity contribution in [2.24, 2.45) is 0 Å². The summed E-state index contributed by atoms with van der Waals surface area (Å²) in [4.78, 5) is 0. The van der Waals surface area contributed by atoms with Crippen LogP contribution in [0.3, 0.4) is 0 Å². The summed E-state index contributed by atoms with van der Waals surface area (Å²) in [7, 11) is 0. The van der Waals surface area contributed by atoms with Crippen LogP contribution in [0.4, 0.5) is 4.39 Å². The second kappa shape index (κ2) is 7.56. The van der Waals surface area contributed by atoms with Gasteiger partial charge in [-0.2, -0.15) is 0 Å². The van der Waals surface area contributed by atoms with Gasteiger partial charge in [0.25, 0.3) is 0 Å². The number of hydrogen-bond donors (Lipinski definition) is 0. The highest BCUT2D eigenvalue weighted by atomic mass is 35.5. The molecule has 0 atom stereocenters. The summed E-state index contributed by atoms with van der Waals surface area (Å²) in [5.74, 6) is 5.67. The summed E-state index contributed by atoms with van der Waals surface area (Å²) >= 11 is 17.5. The summed E-state index contributed by atoms with van der Waals surface area (Å²) in [5.41, 5.74) is 1.18. The van der Waals surface area contributed by atoms with Gasteiger partial charge < -0.3 is 4.74 Å². The molecule has 2 aromatic rings. The van der Waals surface area contributed by atoms with Gasteiger partial charge in [0, 0.05) is 15.6 Å². The summed E-state index contributed by atoms with van der Waals surface area (Å²) < 4.78 is 18.9. The molecule has 0 heterocycles. The molecule has 1 nitrogen and oxygen atoms in total. The molecule has 5 heteroatoms. The van der Waals surface area contributed by atoms with Crippen molar-refractivity contribution in [1.82, 2.24) is 0 Å². The minimum atomic E-state index is -0.387. The molecule has 0 radical (unpaired) electrons. The SMILES string of the molecule is Fc1ccc(OCc2cc(Cl)ccc2Cl)c(C#CCCl)c1. The molecule has 0 spiro atoms. The molecule has 0 fully saturated rings. The van der Waals surface area contributed by atoms with Crippen LogP contribution in [0.2, 0.25) is 10.0 Å². The number of hydrogen-bond acceptors (Lipinski definition) is 1. The normalized spacial score (nSPS) is 9.90. The van der Waals surface area contributed by atoms with E-state index in [0.717, 1.165) is 5.56 Å². The molecule has 2 aromatic carbocycles. The fourth-order valence-corrected chi connectivity index (χ4v) is 2.10. The number of benzene rings is 2. The molecule has 0 unspecified atom stereocenters. The van der Waals surface area contributed by atoms with Crippen molar-refractivity contribution in [3.05, 3.63) is 63.4 Å². The van der Waals surface area contributed by atoms with Crippen molar-refractivity contribution >= 4 is 34.8 Å². The maximum Gasteiger partial charge on any atom is 0.135 e. The van der Waals surface area contributed by atoms with E-state index in [0.29, 0.717) is 21.4 Å². The fraction of sp³-hybridized carbons (Fsp3) is 0.125. The highest BCUT2D eigenvalue weighted by molar-refractivity contribution is 6.33. The lowest BCUT2D eigenvalue weighted by Crippen LogP contribution is -1.98. The van der Waals surface area contributed by atoms with E-state index in [4.69, 9.17) is 39.5 Å². The van der Waals surface area contributed by atoms with E-state index in [1.807, 2.05) is 0 Å². The molecular formula is C16H10Cl3FO. The van der Waals surface area contributed by atoms with Gasteiger partial charge in [0.15, 0.2) is 0 Å². The van der Waals surface area contributed by atoms with E-state index in [1.54, 1.807) is 18.2 Å². The third-order valence-corrected chi connectivity index (χ3v) is 3.36. The predicted molar refractivity (Wildman–Crippen MR) is 84.8 cm³/mol. The van der Waals surface area contributed by atoms with Crippen LogP contribution in [0.5, 0.6) is 5.75 Å². The number of halogens is 4. The standard InChI is InChI=1S/C16H10Cl3FO/c17-7-1-2-11-9-14(20)4-6-16(11)21-10-12-8-13(18)3-5-15(12)19/h3-6,8-9H,7,10H2. The van der Waals surface area contributed by atoms with Crippen LogP contribution < -0.4 is 4.74 Å². The van der Waals surface area contributed by atoms with Crippen molar-refractivity contribution in [3.63, 3.8) is 0 Å². The zero-order valence-corrected chi connectivity index (χ0v) is 13.1. The second-order valence-electron chi connectivity index (χ2n) is 4.10. The number of rotatable bonds is 3. The van der Waals surface area contributed by atoms with Gasteiger partial charge >= 0.3 is 0 Å². The molecule has 0 aromatic heterocycles. The van der Waals surface area contributed by atoms with Gasteiger partial charge in [-0.3, -0.25) is 0 Å². The van der Waals surface area contributed by atoms with Crippen LogP contribution in [-0.2, 0) is 6.61 Å². The predicted octanol–water partition coefficient (Wildman–Crippen LogP) is 5.30. The first-order valence-electron chi connectivity index (χ1n) is 6.01. The van der Waals surface area contributed by atoms with Crippen molar-refractivity contribution < 1.29 is 9.13 Å². The first kappa shape index (κ1) is 16.0. The zero-order chi connectivity index (χ0) is 15.2. The third kappa shape index (κ3) is 4.54. The Hall–Kier alpha value is -1.40. The molecule has 2 rings (SSSR count). The Labute approximate surface area is 137 Å². The Kier molecular flexibility index (Phi) is 5.76. The van der Waals surface area contributed by atoms with E-state index in [9.17, 15) is 4.39 Å². The van der Waals surface area contributed by atoms with Gasteiger partial charge in [0.1, 0.15) is 18.2 Å². The van der Waals surface area contributed by atoms with Crippen molar-refractivity contribution in [1.29, 1.82) is 0 Å². The Morgan fingerprint density at radius 3 is 2.67 bits per heavy atom. The molecular weight excluding hydrogens is 334 g/mol. The highest BCUT2D eigenvalue weighted by Gasteiger charge is 2.06. The van der Waals surface area contributed by atoms with Crippen molar-refractivity contribution in [3.8, 4) is 17.6 Å².